The standard InChI is InChI=1S/C49H80O9/c1-3-5-7-9-11-13-15-17-19-21-22-23-24-26-28-30-32-34-36-38-45(51)57-43(42-56-49-48(54)47(53)46(52)44(40-50)58-49)41-55-39-37-35-33-31-29-27-25-20-18-16-14-12-10-8-6-4-2/h6,8,11-14,17-20,22-23,27,29,33,35,43-44,46-50,52-54H,3-5,7,9-10,15-16,21,24-26,28,30-32,34,36-42H2,1-2H3/b8-6-,13-11-,14-12-,19-17-,20-18-,23-22-,29-27-,35-33-. The van der Waals surface area contributed by atoms with Crippen LogP contribution in [-0.4, -0.2) is 89.6 Å². The van der Waals surface area contributed by atoms with Crippen LogP contribution >= 0.6 is 0 Å². The molecule has 58 heavy (non-hydrogen) atoms. The molecule has 0 aliphatic carbocycles. The van der Waals surface area contributed by atoms with E-state index >= 15 is 0 Å². The molecule has 330 valence electrons. The van der Waals surface area contributed by atoms with Gasteiger partial charge >= 0.3 is 5.97 Å². The minimum absolute atomic E-state index is 0.0785. The number of hydrogen-bond donors (Lipinski definition) is 4. The summed E-state index contributed by atoms with van der Waals surface area (Å²) in [5.74, 6) is -0.356. The molecule has 0 amide bonds. The molecule has 9 nitrogen and oxygen atoms in total. The molecule has 0 saturated carbocycles. The summed E-state index contributed by atoms with van der Waals surface area (Å²) in [5.41, 5.74) is 0. The van der Waals surface area contributed by atoms with Crippen molar-refractivity contribution >= 4 is 5.97 Å². The van der Waals surface area contributed by atoms with Gasteiger partial charge in [-0.1, -0.05) is 150 Å². The van der Waals surface area contributed by atoms with Gasteiger partial charge in [0.05, 0.1) is 26.4 Å². The Morgan fingerprint density at radius 3 is 1.59 bits per heavy atom. The monoisotopic (exact) mass is 813 g/mol. The first-order chi connectivity index (χ1) is 28.4. The van der Waals surface area contributed by atoms with E-state index in [0.717, 1.165) is 77.0 Å². The van der Waals surface area contributed by atoms with Crippen LogP contribution in [0.4, 0.5) is 0 Å². The van der Waals surface area contributed by atoms with Gasteiger partial charge in [0.1, 0.15) is 30.5 Å². The van der Waals surface area contributed by atoms with Crippen LogP contribution in [0.25, 0.3) is 0 Å². The average Bonchev–Trinajstić information content (AvgIpc) is 3.22. The van der Waals surface area contributed by atoms with Gasteiger partial charge in [0.2, 0.25) is 0 Å². The predicted molar refractivity (Wildman–Crippen MR) is 237 cm³/mol. The van der Waals surface area contributed by atoms with Gasteiger partial charge in [-0.2, -0.15) is 0 Å². The second-order valence-corrected chi connectivity index (χ2v) is 14.8. The predicted octanol–water partition coefficient (Wildman–Crippen LogP) is 10.0. The molecule has 0 spiro atoms. The molecular weight excluding hydrogens is 733 g/mol. The average molecular weight is 813 g/mol. The number of unbranched alkanes of at least 4 members (excludes halogenated alkanes) is 9. The van der Waals surface area contributed by atoms with E-state index < -0.39 is 43.4 Å². The van der Waals surface area contributed by atoms with Crippen molar-refractivity contribution in [3.05, 3.63) is 97.2 Å². The molecule has 6 atom stereocenters. The Kier molecular flexibility index (Phi) is 36.2. The van der Waals surface area contributed by atoms with E-state index in [-0.39, 0.29) is 25.6 Å². The third-order valence-corrected chi connectivity index (χ3v) is 9.50. The van der Waals surface area contributed by atoms with Crippen LogP contribution in [0.1, 0.15) is 142 Å². The summed E-state index contributed by atoms with van der Waals surface area (Å²) in [6.07, 6.45) is 47.3. The number of aliphatic hydroxyl groups excluding tert-OH is 4. The van der Waals surface area contributed by atoms with E-state index in [0.29, 0.717) is 13.0 Å². The second-order valence-electron chi connectivity index (χ2n) is 14.8. The number of allylic oxidation sites excluding steroid dienone is 15. The number of carbonyl (C=O) groups excluding carboxylic acids is 1. The summed E-state index contributed by atoms with van der Waals surface area (Å²) in [7, 11) is 0. The number of esters is 1. The lowest BCUT2D eigenvalue weighted by atomic mass is 9.99. The summed E-state index contributed by atoms with van der Waals surface area (Å²) in [4.78, 5) is 12.8. The zero-order chi connectivity index (χ0) is 42.2. The molecule has 1 heterocycles. The first-order valence-corrected chi connectivity index (χ1v) is 22.3. The van der Waals surface area contributed by atoms with Crippen molar-refractivity contribution in [3.63, 3.8) is 0 Å². The van der Waals surface area contributed by atoms with E-state index in [9.17, 15) is 25.2 Å². The Bertz CT molecular complexity index is 1200. The van der Waals surface area contributed by atoms with E-state index in [2.05, 4.69) is 111 Å². The smallest absolute Gasteiger partial charge is 0.306 e. The maximum absolute atomic E-state index is 12.8. The highest BCUT2D eigenvalue weighted by molar-refractivity contribution is 5.69. The van der Waals surface area contributed by atoms with E-state index in [1.807, 2.05) is 0 Å². The third-order valence-electron chi connectivity index (χ3n) is 9.50. The summed E-state index contributed by atoms with van der Waals surface area (Å²) in [6, 6.07) is 0. The van der Waals surface area contributed by atoms with Crippen molar-refractivity contribution in [2.75, 3.05) is 26.4 Å². The van der Waals surface area contributed by atoms with Crippen molar-refractivity contribution in [1.29, 1.82) is 0 Å². The quantitative estimate of drug-likeness (QED) is 0.0277. The number of rotatable bonds is 36. The molecule has 1 fully saturated rings. The zero-order valence-electron chi connectivity index (χ0n) is 36.0. The normalized spacial score (nSPS) is 21.2. The molecule has 0 bridgehead atoms. The van der Waals surface area contributed by atoms with Crippen molar-refractivity contribution in [3.8, 4) is 0 Å². The summed E-state index contributed by atoms with van der Waals surface area (Å²) in [5, 5.41) is 40.1. The van der Waals surface area contributed by atoms with Crippen molar-refractivity contribution in [1.82, 2.24) is 0 Å². The van der Waals surface area contributed by atoms with Crippen molar-refractivity contribution < 1.29 is 44.2 Å². The minimum atomic E-state index is -1.56. The molecule has 0 aromatic heterocycles. The molecule has 4 N–H and O–H groups in total. The molecule has 0 aromatic carbocycles. The number of aliphatic hydroxyl groups is 4. The van der Waals surface area contributed by atoms with E-state index in [4.69, 9.17) is 18.9 Å². The van der Waals surface area contributed by atoms with Crippen molar-refractivity contribution in [2.45, 2.75) is 179 Å². The fourth-order valence-electron chi connectivity index (χ4n) is 6.03. The molecule has 0 radical (unpaired) electrons. The summed E-state index contributed by atoms with van der Waals surface area (Å²) < 4.78 is 22.7. The maximum Gasteiger partial charge on any atom is 0.306 e. The van der Waals surface area contributed by atoms with Gasteiger partial charge in [-0.05, 0) is 83.5 Å². The van der Waals surface area contributed by atoms with Gasteiger partial charge in [0.15, 0.2) is 6.29 Å². The second kappa shape index (κ2) is 39.6. The maximum atomic E-state index is 12.8. The molecule has 1 aliphatic rings. The zero-order valence-corrected chi connectivity index (χ0v) is 36.0. The van der Waals surface area contributed by atoms with E-state index in [1.54, 1.807) is 0 Å². The fraction of sp³-hybridized carbons (Fsp3) is 0.653. The number of ether oxygens (including phenoxy) is 4. The van der Waals surface area contributed by atoms with Gasteiger partial charge in [0.25, 0.3) is 0 Å². The van der Waals surface area contributed by atoms with Crippen LogP contribution in [0, 0.1) is 0 Å². The highest BCUT2D eigenvalue weighted by Crippen LogP contribution is 2.22. The molecular formula is C49H80O9. The van der Waals surface area contributed by atoms with Crippen LogP contribution < -0.4 is 0 Å². The highest BCUT2D eigenvalue weighted by atomic mass is 16.7. The van der Waals surface area contributed by atoms with Crippen LogP contribution in [0.15, 0.2) is 97.2 Å². The molecule has 0 aromatic rings. The lowest BCUT2D eigenvalue weighted by molar-refractivity contribution is -0.305. The first-order valence-electron chi connectivity index (χ1n) is 22.3. The van der Waals surface area contributed by atoms with Crippen LogP contribution in [0.2, 0.25) is 0 Å². The first kappa shape index (κ1) is 53.1. The van der Waals surface area contributed by atoms with Gasteiger partial charge in [0, 0.05) is 6.42 Å². The van der Waals surface area contributed by atoms with Crippen molar-refractivity contribution in [2.24, 2.45) is 0 Å². The fourth-order valence-corrected chi connectivity index (χ4v) is 6.03. The summed E-state index contributed by atoms with van der Waals surface area (Å²) >= 11 is 0. The minimum Gasteiger partial charge on any atom is -0.457 e. The van der Waals surface area contributed by atoms with Gasteiger partial charge < -0.3 is 39.4 Å². The Balaban J connectivity index is 2.34. The molecule has 9 heteroatoms. The molecule has 1 saturated heterocycles. The van der Waals surface area contributed by atoms with Gasteiger partial charge in [-0.3, -0.25) is 4.79 Å². The third kappa shape index (κ3) is 30.2. The lowest BCUT2D eigenvalue weighted by Crippen LogP contribution is -2.59. The lowest BCUT2D eigenvalue weighted by Gasteiger charge is -2.39. The Hall–Kier alpha value is -2.89. The van der Waals surface area contributed by atoms with E-state index in [1.165, 1.54) is 38.5 Å². The largest absolute Gasteiger partial charge is 0.457 e. The number of hydrogen-bond acceptors (Lipinski definition) is 9. The topological polar surface area (TPSA) is 135 Å². The Morgan fingerprint density at radius 2 is 1.05 bits per heavy atom. The van der Waals surface area contributed by atoms with Crippen LogP contribution in [0.5, 0.6) is 0 Å². The van der Waals surface area contributed by atoms with Crippen LogP contribution in [0.3, 0.4) is 0 Å². The Labute approximate surface area is 352 Å². The highest BCUT2D eigenvalue weighted by Gasteiger charge is 2.44. The van der Waals surface area contributed by atoms with Crippen LogP contribution in [-0.2, 0) is 23.7 Å². The molecule has 1 rings (SSSR count). The number of carbonyl (C=O) groups is 1. The van der Waals surface area contributed by atoms with Gasteiger partial charge in [-0.25, -0.2) is 0 Å². The SMILES string of the molecule is CC/C=C\C/C=C\C/C=C\C/C=C\C/C=C\CCOCC(COC1OC(CO)C(O)C(O)C1O)OC(=O)CCCCCCCC/C=C\C/C=C\C/C=C\CCCCC. The summed E-state index contributed by atoms with van der Waals surface area (Å²) in [6.45, 7) is 4.15. The molecule has 6 unspecified atom stereocenters. The van der Waals surface area contributed by atoms with Gasteiger partial charge in [-0.15, -0.1) is 0 Å². The Morgan fingerprint density at radius 1 is 0.569 bits per heavy atom. The molecule has 1 aliphatic heterocycles.